The van der Waals surface area contributed by atoms with Gasteiger partial charge in [0.2, 0.25) is 0 Å². The fourth-order valence-electron chi connectivity index (χ4n) is 2.31. The molecule has 1 aliphatic rings. The second kappa shape index (κ2) is 5.61. The van der Waals surface area contributed by atoms with E-state index >= 15 is 0 Å². The molecule has 0 fully saturated rings. The number of nitrogens with zero attached hydrogens (tertiary/aromatic N) is 2. The van der Waals surface area contributed by atoms with Crippen molar-refractivity contribution < 1.29 is 5.11 Å². The molecule has 0 aliphatic carbocycles. The monoisotopic (exact) mass is 254 g/mol. The molecule has 94 valence electrons. The summed E-state index contributed by atoms with van der Waals surface area (Å²) < 4.78 is 0. The number of anilines is 2. The second-order valence-corrected chi connectivity index (χ2v) is 4.91. The van der Waals surface area contributed by atoms with Crippen LogP contribution in [0.4, 0.5) is 11.4 Å². The van der Waals surface area contributed by atoms with Crippen molar-refractivity contribution in [2.75, 3.05) is 43.1 Å². The van der Waals surface area contributed by atoms with E-state index in [1.807, 2.05) is 12.1 Å². The van der Waals surface area contributed by atoms with Gasteiger partial charge in [0.25, 0.3) is 0 Å². The molecule has 3 nitrogen and oxygen atoms in total. The van der Waals surface area contributed by atoms with Gasteiger partial charge in [-0.25, -0.2) is 0 Å². The molecule has 1 aliphatic heterocycles. The third-order valence-electron chi connectivity index (χ3n) is 3.20. The molecule has 0 spiro atoms. The van der Waals surface area contributed by atoms with Gasteiger partial charge in [-0.1, -0.05) is 11.6 Å². The van der Waals surface area contributed by atoms with Gasteiger partial charge in [-0.05, 0) is 31.0 Å². The fraction of sp³-hybridized carbons (Fsp3) is 0.538. The molecule has 17 heavy (non-hydrogen) atoms. The summed E-state index contributed by atoms with van der Waals surface area (Å²) in [6.07, 6.45) is 1.93. The largest absolute Gasteiger partial charge is 0.396 e. The van der Waals surface area contributed by atoms with Gasteiger partial charge < -0.3 is 14.9 Å². The third kappa shape index (κ3) is 2.85. The molecule has 0 amide bonds. The van der Waals surface area contributed by atoms with Crippen LogP contribution in [0.3, 0.4) is 0 Å². The molecule has 0 radical (unpaired) electrons. The summed E-state index contributed by atoms with van der Waals surface area (Å²) >= 11 is 6.08. The summed E-state index contributed by atoms with van der Waals surface area (Å²) in [5.41, 5.74) is 2.41. The molecule has 1 aromatic carbocycles. The first-order valence-corrected chi connectivity index (χ1v) is 6.46. The normalized spacial score (nSPS) is 15.7. The molecule has 0 saturated carbocycles. The lowest BCUT2D eigenvalue weighted by molar-refractivity contribution is 0.289. The highest BCUT2D eigenvalue weighted by Gasteiger charge is 2.18. The molecule has 0 unspecified atom stereocenters. The Morgan fingerprint density at radius 3 is 2.88 bits per heavy atom. The minimum atomic E-state index is 0.238. The number of hydrogen-bond donors (Lipinski definition) is 1. The summed E-state index contributed by atoms with van der Waals surface area (Å²) in [5.74, 6) is 0. The van der Waals surface area contributed by atoms with Crippen LogP contribution in [0.25, 0.3) is 0 Å². The average molecular weight is 255 g/mol. The number of aliphatic hydroxyl groups is 1. The molecule has 0 saturated heterocycles. The first kappa shape index (κ1) is 12.5. The predicted molar refractivity (Wildman–Crippen MR) is 73.3 cm³/mol. The van der Waals surface area contributed by atoms with Crippen molar-refractivity contribution in [3.63, 3.8) is 0 Å². The van der Waals surface area contributed by atoms with Gasteiger partial charge >= 0.3 is 0 Å². The maximum atomic E-state index is 8.96. The van der Waals surface area contributed by atoms with Crippen LogP contribution in [-0.4, -0.2) is 38.4 Å². The Morgan fingerprint density at radius 2 is 2.12 bits per heavy atom. The third-order valence-corrected chi connectivity index (χ3v) is 3.43. The summed E-state index contributed by atoms with van der Waals surface area (Å²) in [5, 5.41) is 9.73. The number of halogens is 1. The van der Waals surface area contributed by atoms with Crippen molar-refractivity contribution in [2.45, 2.75) is 12.8 Å². The van der Waals surface area contributed by atoms with Crippen molar-refractivity contribution in [3.8, 4) is 0 Å². The summed E-state index contributed by atoms with van der Waals surface area (Å²) in [7, 11) is 2.11. The van der Waals surface area contributed by atoms with Crippen molar-refractivity contribution >= 4 is 23.0 Å². The van der Waals surface area contributed by atoms with Gasteiger partial charge in [-0.3, -0.25) is 0 Å². The Hall–Kier alpha value is -0.930. The van der Waals surface area contributed by atoms with E-state index < -0.39 is 0 Å². The minimum absolute atomic E-state index is 0.238. The van der Waals surface area contributed by atoms with Crippen molar-refractivity contribution in [1.82, 2.24) is 0 Å². The smallest absolute Gasteiger partial charge is 0.0618 e. The summed E-state index contributed by atoms with van der Waals surface area (Å²) in [6.45, 7) is 3.21. The average Bonchev–Trinajstić information content (AvgIpc) is 2.46. The lowest BCUT2D eigenvalue weighted by Crippen LogP contribution is -2.25. The Bertz CT molecular complexity index is 384. The number of rotatable bonds is 3. The Morgan fingerprint density at radius 1 is 1.29 bits per heavy atom. The van der Waals surface area contributed by atoms with Crippen LogP contribution in [0.5, 0.6) is 0 Å². The lowest BCUT2D eigenvalue weighted by Gasteiger charge is -2.26. The number of benzene rings is 1. The topological polar surface area (TPSA) is 26.7 Å². The van der Waals surface area contributed by atoms with E-state index in [2.05, 4.69) is 22.9 Å². The molecular formula is C13H19ClN2O. The standard InChI is InChI=1S/C13H19ClN2O/c1-15-6-2-7-16(8-3-9-17)13-10-11(14)4-5-12(13)15/h4-5,10,17H,2-3,6-9H2,1H3. The zero-order valence-corrected chi connectivity index (χ0v) is 11.0. The second-order valence-electron chi connectivity index (χ2n) is 4.47. The van der Waals surface area contributed by atoms with Gasteiger partial charge in [0.1, 0.15) is 0 Å². The molecule has 0 bridgehead atoms. The van der Waals surface area contributed by atoms with Gasteiger partial charge in [-0.15, -0.1) is 0 Å². The van der Waals surface area contributed by atoms with E-state index in [-0.39, 0.29) is 6.61 Å². The molecule has 2 rings (SSSR count). The van der Waals surface area contributed by atoms with Crippen LogP contribution in [0.1, 0.15) is 12.8 Å². The van der Waals surface area contributed by atoms with E-state index in [0.29, 0.717) is 0 Å². The molecule has 4 heteroatoms. The zero-order chi connectivity index (χ0) is 12.3. The SMILES string of the molecule is CN1CCCN(CCCO)c2cc(Cl)ccc21. The van der Waals surface area contributed by atoms with Crippen molar-refractivity contribution in [1.29, 1.82) is 0 Å². The Labute approximate surface area is 108 Å². The van der Waals surface area contributed by atoms with E-state index in [4.69, 9.17) is 16.7 Å². The summed E-state index contributed by atoms with van der Waals surface area (Å²) in [4.78, 5) is 4.59. The van der Waals surface area contributed by atoms with E-state index in [0.717, 1.165) is 37.5 Å². The minimum Gasteiger partial charge on any atom is -0.396 e. The van der Waals surface area contributed by atoms with Crippen LogP contribution in [-0.2, 0) is 0 Å². The lowest BCUT2D eigenvalue weighted by atomic mass is 10.2. The highest BCUT2D eigenvalue weighted by Crippen LogP contribution is 2.33. The van der Waals surface area contributed by atoms with Crippen LogP contribution < -0.4 is 9.80 Å². The number of hydrogen-bond acceptors (Lipinski definition) is 3. The van der Waals surface area contributed by atoms with Gasteiger partial charge in [-0.2, -0.15) is 0 Å². The van der Waals surface area contributed by atoms with Gasteiger partial charge in [0, 0.05) is 38.3 Å². The van der Waals surface area contributed by atoms with Crippen molar-refractivity contribution in [2.24, 2.45) is 0 Å². The number of aliphatic hydroxyl groups excluding tert-OH is 1. The Kier molecular flexibility index (Phi) is 4.13. The van der Waals surface area contributed by atoms with E-state index in [9.17, 15) is 0 Å². The van der Waals surface area contributed by atoms with Crippen LogP contribution in [0.15, 0.2) is 18.2 Å². The van der Waals surface area contributed by atoms with Gasteiger partial charge in [0.15, 0.2) is 0 Å². The fourth-order valence-corrected chi connectivity index (χ4v) is 2.47. The molecule has 0 aromatic heterocycles. The molecule has 1 aromatic rings. The van der Waals surface area contributed by atoms with Gasteiger partial charge in [0.05, 0.1) is 11.4 Å². The first-order valence-electron chi connectivity index (χ1n) is 6.09. The van der Waals surface area contributed by atoms with E-state index in [1.54, 1.807) is 0 Å². The predicted octanol–water partition coefficient (Wildman–Crippen LogP) is 2.37. The first-order chi connectivity index (χ1) is 8.22. The van der Waals surface area contributed by atoms with Crippen molar-refractivity contribution in [3.05, 3.63) is 23.2 Å². The number of fused-ring (bicyclic) bond motifs is 1. The highest BCUT2D eigenvalue weighted by molar-refractivity contribution is 6.31. The summed E-state index contributed by atoms with van der Waals surface area (Å²) in [6, 6.07) is 6.04. The van der Waals surface area contributed by atoms with E-state index in [1.165, 1.54) is 11.4 Å². The molecular weight excluding hydrogens is 236 g/mol. The highest BCUT2D eigenvalue weighted by atomic mass is 35.5. The maximum absolute atomic E-state index is 8.96. The zero-order valence-electron chi connectivity index (χ0n) is 10.2. The Balaban J connectivity index is 2.31. The van der Waals surface area contributed by atoms with Crippen LogP contribution >= 0.6 is 11.6 Å². The van der Waals surface area contributed by atoms with Crippen LogP contribution in [0, 0.1) is 0 Å². The molecule has 1 N–H and O–H groups in total. The quantitative estimate of drug-likeness (QED) is 0.897. The molecule has 0 atom stereocenters. The maximum Gasteiger partial charge on any atom is 0.0618 e. The van der Waals surface area contributed by atoms with Crippen LogP contribution in [0.2, 0.25) is 5.02 Å². The molecule has 1 heterocycles.